The van der Waals surface area contributed by atoms with Crippen molar-refractivity contribution in [1.29, 1.82) is 0 Å². The molecule has 1 aromatic carbocycles. The molecule has 1 amide bonds. The van der Waals surface area contributed by atoms with Gasteiger partial charge in [0.1, 0.15) is 0 Å². The van der Waals surface area contributed by atoms with Gasteiger partial charge in [-0.1, -0.05) is 13.8 Å². The first kappa shape index (κ1) is 14.7. The molecule has 0 fully saturated rings. The summed E-state index contributed by atoms with van der Waals surface area (Å²) >= 11 is 0. The Morgan fingerprint density at radius 1 is 1.30 bits per heavy atom. The van der Waals surface area contributed by atoms with Crippen molar-refractivity contribution >= 4 is 5.91 Å². The Balaban J connectivity index is 2.12. The zero-order chi connectivity index (χ0) is 14.5. The van der Waals surface area contributed by atoms with Crippen LogP contribution in [0.1, 0.15) is 30.6 Å². The Morgan fingerprint density at radius 2 is 2.00 bits per heavy atom. The van der Waals surface area contributed by atoms with E-state index in [-0.39, 0.29) is 24.5 Å². The maximum absolute atomic E-state index is 12.2. The van der Waals surface area contributed by atoms with Gasteiger partial charge < -0.3 is 19.9 Å². The standard InChI is InChI=1S/C15H21NO4/c1-10(2)12(9-17)16-15(18)11-4-5-13-14(8-11)20-7-3-6-19-13/h4-5,8,10,12,17H,3,6-7,9H2,1-2H3,(H,16,18). The number of hydrogen-bond acceptors (Lipinski definition) is 4. The number of benzene rings is 1. The zero-order valence-corrected chi connectivity index (χ0v) is 11.9. The molecule has 1 atom stereocenters. The number of amides is 1. The maximum Gasteiger partial charge on any atom is 0.251 e. The van der Waals surface area contributed by atoms with Gasteiger partial charge in [-0.25, -0.2) is 0 Å². The molecule has 0 spiro atoms. The zero-order valence-electron chi connectivity index (χ0n) is 11.9. The molecule has 0 bridgehead atoms. The summed E-state index contributed by atoms with van der Waals surface area (Å²) in [5.41, 5.74) is 0.508. The minimum absolute atomic E-state index is 0.0754. The van der Waals surface area contributed by atoms with E-state index in [9.17, 15) is 9.90 Å². The number of hydrogen-bond donors (Lipinski definition) is 2. The lowest BCUT2D eigenvalue weighted by molar-refractivity contribution is 0.0896. The molecule has 1 heterocycles. The third-order valence-corrected chi connectivity index (χ3v) is 3.33. The summed E-state index contributed by atoms with van der Waals surface area (Å²) in [4.78, 5) is 12.2. The predicted octanol–water partition coefficient (Wildman–Crippen LogP) is 1.59. The number of carbonyl (C=O) groups excluding carboxylic acids is 1. The largest absolute Gasteiger partial charge is 0.490 e. The second kappa shape index (κ2) is 6.61. The van der Waals surface area contributed by atoms with Crippen molar-refractivity contribution in [1.82, 2.24) is 5.32 Å². The third-order valence-electron chi connectivity index (χ3n) is 3.33. The monoisotopic (exact) mass is 279 g/mol. The van der Waals surface area contributed by atoms with Crippen LogP contribution in [0.15, 0.2) is 18.2 Å². The van der Waals surface area contributed by atoms with Crippen LogP contribution in [-0.2, 0) is 0 Å². The average Bonchev–Trinajstić information content (AvgIpc) is 2.68. The van der Waals surface area contributed by atoms with Crippen molar-refractivity contribution in [3.05, 3.63) is 23.8 Å². The SMILES string of the molecule is CC(C)C(CO)NC(=O)c1ccc2c(c1)OCCCO2. The molecule has 5 heteroatoms. The highest BCUT2D eigenvalue weighted by Gasteiger charge is 2.18. The Kier molecular flexibility index (Phi) is 4.84. The summed E-state index contributed by atoms with van der Waals surface area (Å²) in [5, 5.41) is 12.1. The first-order chi connectivity index (χ1) is 9.61. The predicted molar refractivity (Wildman–Crippen MR) is 75.2 cm³/mol. The molecule has 1 aliphatic heterocycles. The molecule has 110 valence electrons. The fourth-order valence-corrected chi connectivity index (χ4v) is 1.98. The van der Waals surface area contributed by atoms with Gasteiger partial charge in [0, 0.05) is 12.0 Å². The summed E-state index contributed by atoms with van der Waals surface area (Å²) in [6.45, 7) is 5.04. The number of rotatable bonds is 4. The summed E-state index contributed by atoms with van der Waals surface area (Å²) in [6.07, 6.45) is 0.830. The van der Waals surface area contributed by atoms with Gasteiger partial charge >= 0.3 is 0 Å². The minimum atomic E-state index is -0.251. The number of carbonyl (C=O) groups is 1. The first-order valence-corrected chi connectivity index (χ1v) is 6.93. The van der Waals surface area contributed by atoms with Crippen LogP contribution in [0.25, 0.3) is 0 Å². The van der Waals surface area contributed by atoms with Crippen molar-refractivity contribution in [2.45, 2.75) is 26.3 Å². The van der Waals surface area contributed by atoms with Crippen molar-refractivity contribution in [2.24, 2.45) is 5.92 Å². The number of fused-ring (bicyclic) bond motifs is 1. The molecule has 20 heavy (non-hydrogen) atoms. The average molecular weight is 279 g/mol. The van der Waals surface area contributed by atoms with Crippen molar-refractivity contribution in [2.75, 3.05) is 19.8 Å². The molecule has 0 saturated heterocycles. The highest BCUT2D eigenvalue weighted by Crippen LogP contribution is 2.30. The van der Waals surface area contributed by atoms with Crippen LogP contribution < -0.4 is 14.8 Å². The van der Waals surface area contributed by atoms with Crippen LogP contribution in [0.5, 0.6) is 11.5 Å². The molecule has 0 aliphatic carbocycles. The number of aliphatic hydroxyl groups excluding tert-OH is 1. The van der Waals surface area contributed by atoms with E-state index >= 15 is 0 Å². The molecular weight excluding hydrogens is 258 g/mol. The van der Waals surface area contributed by atoms with Crippen LogP contribution in [0, 0.1) is 5.92 Å². The molecule has 0 aromatic heterocycles. The molecule has 1 aromatic rings. The Hall–Kier alpha value is -1.75. The molecule has 0 saturated carbocycles. The van der Waals surface area contributed by atoms with Crippen molar-refractivity contribution in [3.8, 4) is 11.5 Å². The van der Waals surface area contributed by atoms with Crippen LogP contribution in [0.2, 0.25) is 0 Å². The number of aliphatic hydroxyl groups is 1. The summed E-state index contributed by atoms with van der Waals surface area (Å²) in [5.74, 6) is 1.22. The molecule has 1 aliphatic rings. The lowest BCUT2D eigenvalue weighted by Gasteiger charge is -2.20. The van der Waals surface area contributed by atoms with Gasteiger partial charge in [-0.2, -0.15) is 0 Å². The van der Waals surface area contributed by atoms with E-state index in [0.717, 1.165) is 6.42 Å². The van der Waals surface area contributed by atoms with Crippen LogP contribution in [0.4, 0.5) is 0 Å². The Bertz CT molecular complexity index is 473. The van der Waals surface area contributed by atoms with E-state index in [1.165, 1.54) is 0 Å². The lowest BCUT2D eigenvalue weighted by Crippen LogP contribution is -2.41. The molecule has 2 N–H and O–H groups in total. The maximum atomic E-state index is 12.2. The van der Waals surface area contributed by atoms with Crippen LogP contribution >= 0.6 is 0 Å². The van der Waals surface area contributed by atoms with E-state index in [0.29, 0.717) is 30.3 Å². The van der Waals surface area contributed by atoms with E-state index in [4.69, 9.17) is 9.47 Å². The molecule has 0 radical (unpaired) electrons. The van der Waals surface area contributed by atoms with Crippen LogP contribution in [0.3, 0.4) is 0 Å². The highest BCUT2D eigenvalue weighted by atomic mass is 16.5. The molecule has 1 unspecified atom stereocenters. The third kappa shape index (κ3) is 3.42. The molecule has 5 nitrogen and oxygen atoms in total. The van der Waals surface area contributed by atoms with Gasteiger partial charge in [0.05, 0.1) is 25.9 Å². The van der Waals surface area contributed by atoms with Crippen molar-refractivity contribution < 1.29 is 19.4 Å². The first-order valence-electron chi connectivity index (χ1n) is 6.93. The van der Waals surface area contributed by atoms with E-state index in [2.05, 4.69) is 5.32 Å². The molecule has 2 rings (SSSR count). The molecular formula is C15H21NO4. The second-order valence-electron chi connectivity index (χ2n) is 5.22. The van der Waals surface area contributed by atoms with E-state index < -0.39 is 0 Å². The Morgan fingerprint density at radius 3 is 2.65 bits per heavy atom. The minimum Gasteiger partial charge on any atom is -0.490 e. The fraction of sp³-hybridized carbons (Fsp3) is 0.533. The number of ether oxygens (including phenoxy) is 2. The Labute approximate surface area is 118 Å². The fourth-order valence-electron chi connectivity index (χ4n) is 1.98. The smallest absolute Gasteiger partial charge is 0.251 e. The van der Waals surface area contributed by atoms with Gasteiger partial charge in [0.2, 0.25) is 0 Å². The normalized spacial score (nSPS) is 15.6. The van der Waals surface area contributed by atoms with Gasteiger partial charge in [-0.15, -0.1) is 0 Å². The lowest BCUT2D eigenvalue weighted by atomic mass is 10.0. The second-order valence-corrected chi connectivity index (χ2v) is 5.22. The summed E-state index contributed by atoms with van der Waals surface area (Å²) in [7, 11) is 0. The van der Waals surface area contributed by atoms with Gasteiger partial charge in [0.15, 0.2) is 11.5 Å². The van der Waals surface area contributed by atoms with Gasteiger partial charge in [0.25, 0.3) is 5.91 Å². The quantitative estimate of drug-likeness (QED) is 0.878. The highest BCUT2D eigenvalue weighted by molar-refractivity contribution is 5.95. The van der Waals surface area contributed by atoms with Gasteiger partial charge in [-0.05, 0) is 24.1 Å². The van der Waals surface area contributed by atoms with Crippen molar-refractivity contribution in [3.63, 3.8) is 0 Å². The summed E-state index contributed by atoms with van der Waals surface area (Å²) < 4.78 is 11.1. The number of nitrogens with one attached hydrogen (secondary N) is 1. The van der Waals surface area contributed by atoms with E-state index in [1.54, 1.807) is 18.2 Å². The van der Waals surface area contributed by atoms with E-state index in [1.807, 2.05) is 13.8 Å². The topological polar surface area (TPSA) is 67.8 Å². The van der Waals surface area contributed by atoms with Gasteiger partial charge in [-0.3, -0.25) is 4.79 Å². The summed E-state index contributed by atoms with van der Waals surface area (Å²) in [6, 6.07) is 4.89. The van der Waals surface area contributed by atoms with Crippen LogP contribution in [-0.4, -0.2) is 36.9 Å².